The third kappa shape index (κ3) is 2.11. The van der Waals surface area contributed by atoms with E-state index in [-0.39, 0.29) is 17.6 Å². The van der Waals surface area contributed by atoms with E-state index in [9.17, 15) is 9.90 Å². The second-order valence-corrected chi connectivity index (χ2v) is 6.04. The highest BCUT2D eigenvalue weighted by molar-refractivity contribution is 6.14. The number of aromatic hydroxyl groups is 1. The molecule has 1 N–H and O–H groups in total. The first-order valence-corrected chi connectivity index (χ1v) is 7.90. The number of Topliss-reactive ketones (excluding diaryl/α,β-unsaturated/α-hetero) is 1. The molecule has 0 unspecified atom stereocenters. The fraction of sp³-hybridized carbons (Fsp3) is 0.588. The summed E-state index contributed by atoms with van der Waals surface area (Å²) in [6, 6.07) is 1.80. The third-order valence-electron chi connectivity index (χ3n) is 4.08. The van der Waals surface area contributed by atoms with Crippen molar-refractivity contribution in [2.24, 2.45) is 0 Å². The van der Waals surface area contributed by atoms with Gasteiger partial charge in [-0.1, -0.05) is 13.3 Å². The van der Waals surface area contributed by atoms with Crippen molar-refractivity contribution in [1.82, 2.24) is 0 Å². The van der Waals surface area contributed by atoms with Crippen molar-refractivity contribution in [2.75, 3.05) is 13.2 Å². The van der Waals surface area contributed by atoms with Crippen molar-refractivity contribution >= 4 is 5.78 Å². The molecule has 1 aromatic rings. The summed E-state index contributed by atoms with van der Waals surface area (Å²) in [6.45, 7) is 6.71. The Morgan fingerprint density at radius 3 is 2.64 bits per heavy atom. The highest BCUT2D eigenvalue weighted by Gasteiger charge is 2.59. The predicted molar refractivity (Wildman–Crippen MR) is 80.4 cm³/mol. The van der Waals surface area contributed by atoms with Crippen molar-refractivity contribution in [3.63, 3.8) is 0 Å². The van der Waals surface area contributed by atoms with Crippen LogP contribution in [0.4, 0.5) is 0 Å². The molecule has 1 aromatic carbocycles. The molecule has 5 nitrogen and oxygen atoms in total. The summed E-state index contributed by atoms with van der Waals surface area (Å²) in [6.07, 6.45) is 2.59. The zero-order valence-electron chi connectivity index (χ0n) is 13.3. The highest BCUT2D eigenvalue weighted by atomic mass is 16.7. The summed E-state index contributed by atoms with van der Waals surface area (Å²) in [5.41, 5.74) is 1.61. The highest BCUT2D eigenvalue weighted by Crippen LogP contribution is 2.52. The van der Waals surface area contributed by atoms with Gasteiger partial charge in [0.2, 0.25) is 5.78 Å². The molecule has 0 saturated carbocycles. The molecule has 0 aromatic heterocycles. The summed E-state index contributed by atoms with van der Waals surface area (Å²) < 4.78 is 16.9. The van der Waals surface area contributed by atoms with Crippen LogP contribution in [0.3, 0.4) is 0 Å². The Balaban J connectivity index is 2.07. The van der Waals surface area contributed by atoms with Gasteiger partial charge >= 0.3 is 0 Å². The maximum absolute atomic E-state index is 12.4. The molecule has 2 aliphatic rings. The number of phenols is 1. The number of carbonyl (C=O) groups excluding carboxylic acids is 1. The number of carbonyl (C=O) groups is 1. The van der Waals surface area contributed by atoms with Gasteiger partial charge in [0.15, 0.2) is 0 Å². The zero-order valence-corrected chi connectivity index (χ0v) is 13.3. The Morgan fingerprint density at radius 1 is 1.36 bits per heavy atom. The summed E-state index contributed by atoms with van der Waals surface area (Å²) in [7, 11) is 0. The Morgan fingerprint density at radius 2 is 2.05 bits per heavy atom. The van der Waals surface area contributed by atoms with Gasteiger partial charge in [-0.2, -0.15) is 0 Å². The number of hydrogen-bond donors (Lipinski definition) is 1. The van der Waals surface area contributed by atoms with E-state index in [1.807, 2.05) is 13.8 Å². The lowest BCUT2D eigenvalue weighted by molar-refractivity contribution is -0.137. The van der Waals surface area contributed by atoms with Crippen LogP contribution < -0.4 is 4.74 Å². The monoisotopic (exact) mass is 306 g/mol. The number of ether oxygens (including phenoxy) is 3. The lowest BCUT2D eigenvalue weighted by atomic mass is 9.77. The summed E-state index contributed by atoms with van der Waals surface area (Å²) in [4.78, 5) is 12.4. The maximum atomic E-state index is 12.4. The fourth-order valence-corrected chi connectivity index (χ4v) is 3.05. The van der Waals surface area contributed by atoms with Crippen LogP contribution >= 0.6 is 0 Å². The first-order chi connectivity index (χ1) is 10.5. The number of fused-ring (bicyclic) bond motifs is 2. The number of unbranched alkanes of at least 4 members (excludes halogenated alkanes) is 1. The normalized spacial score (nSPS) is 18.6. The van der Waals surface area contributed by atoms with Crippen LogP contribution in [0.15, 0.2) is 6.07 Å². The van der Waals surface area contributed by atoms with Gasteiger partial charge in [-0.25, -0.2) is 0 Å². The van der Waals surface area contributed by atoms with E-state index in [1.54, 1.807) is 6.07 Å². The van der Waals surface area contributed by atoms with Gasteiger partial charge in [-0.15, -0.1) is 0 Å². The minimum Gasteiger partial charge on any atom is -0.507 e. The molecule has 1 fully saturated rings. The summed E-state index contributed by atoms with van der Waals surface area (Å²) in [5, 5.41) is 10.6. The van der Waals surface area contributed by atoms with Crippen LogP contribution in [0.25, 0.3) is 0 Å². The van der Waals surface area contributed by atoms with Crippen molar-refractivity contribution in [2.45, 2.75) is 51.9 Å². The number of benzene rings is 1. The van der Waals surface area contributed by atoms with Crippen LogP contribution in [0.2, 0.25) is 0 Å². The van der Waals surface area contributed by atoms with Crippen molar-refractivity contribution in [1.29, 1.82) is 0 Å². The van der Waals surface area contributed by atoms with E-state index in [0.29, 0.717) is 42.1 Å². The topological polar surface area (TPSA) is 65.0 Å². The standard InChI is InChI=1S/C17H22O5/c1-4-5-6-11-13(22-10(2)3)9-12-14(15(11)18)16(19)17(12)20-7-8-21-17/h9-10,18H,4-8H2,1-3H3. The van der Waals surface area contributed by atoms with Gasteiger partial charge < -0.3 is 19.3 Å². The molecule has 0 atom stereocenters. The molecule has 22 heavy (non-hydrogen) atoms. The average molecular weight is 306 g/mol. The molecule has 1 heterocycles. The number of rotatable bonds is 5. The molecule has 0 bridgehead atoms. The van der Waals surface area contributed by atoms with E-state index in [0.717, 1.165) is 12.8 Å². The molecule has 120 valence electrons. The molecule has 0 radical (unpaired) electrons. The minimum atomic E-state index is -1.31. The Bertz CT molecular complexity index is 600. The molecule has 0 amide bonds. The van der Waals surface area contributed by atoms with Crippen molar-refractivity contribution in [3.8, 4) is 11.5 Å². The zero-order chi connectivity index (χ0) is 15.9. The lowest BCUT2D eigenvalue weighted by Gasteiger charge is -2.38. The molecular weight excluding hydrogens is 284 g/mol. The maximum Gasteiger partial charge on any atom is 0.262 e. The summed E-state index contributed by atoms with van der Waals surface area (Å²) >= 11 is 0. The van der Waals surface area contributed by atoms with Crippen molar-refractivity contribution < 1.29 is 24.1 Å². The number of phenolic OH excluding ortho intramolecular Hbond substituents is 1. The van der Waals surface area contributed by atoms with Crippen molar-refractivity contribution in [3.05, 3.63) is 22.8 Å². The minimum absolute atomic E-state index is 0.0185. The molecule has 1 aliphatic heterocycles. The first-order valence-electron chi connectivity index (χ1n) is 7.90. The molecule has 1 saturated heterocycles. The second-order valence-electron chi connectivity index (χ2n) is 6.04. The number of hydrogen-bond acceptors (Lipinski definition) is 5. The van der Waals surface area contributed by atoms with Crippen LogP contribution in [0, 0.1) is 0 Å². The van der Waals surface area contributed by atoms with Gasteiger partial charge in [-0.05, 0) is 32.8 Å². The SMILES string of the molecule is CCCCc1c(OC(C)C)cc2c(c1O)C(=O)C21OCCO1. The van der Waals surface area contributed by atoms with E-state index in [2.05, 4.69) is 6.92 Å². The first kappa shape index (κ1) is 15.3. The quantitative estimate of drug-likeness (QED) is 0.906. The van der Waals surface area contributed by atoms with E-state index in [4.69, 9.17) is 14.2 Å². The second kappa shape index (κ2) is 5.56. The number of ketones is 1. The molecular formula is C17H22O5. The smallest absolute Gasteiger partial charge is 0.262 e. The summed E-state index contributed by atoms with van der Waals surface area (Å²) in [5.74, 6) is -0.959. The van der Waals surface area contributed by atoms with E-state index < -0.39 is 5.79 Å². The van der Waals surface area contributed by atoms with Gasteiger partial charge in [0, 0.05) is 11.1 Å². The predicted octanol–water partition coefficient (Wildman–Crippen LogP) is 2.92. The van der Waals surface area contributed by atoms with Crippen LogP contribution in [0.5, 0.6) is 11.5 Å². The van der Waals surface area contributed by atoms with Gasteiger partial charge in [0.25, 0.3) is 5.79 Å². The Kier molecular flexibility index (Phi) is 3.87. The van der Waals surface area contributed by atoms with Gasteiger partial charge in [-0.3, -0.25) is 4.79 Å². The molecule has 1 spiro atoms. The lowest BCUT2D eigenvalue weighted by Crippen LogP contribution is -2.47. The van der Waals surface area contributed by atoms with E-state index >= 15 is 0 Å². The molecule has 5 heteroatoms. The Labute approximate surface area is 130 Å². The van der Waals surface area contributed by atoms with Crippen LogP contribution in [-0.4, -0.2) is 30.2 Å². The average Bonchev–Trinajstić information content (AvgIpc) is 2.97. The Hall–Kier alpha value is -1.59. The van der Waals surface area contributed by atoms with Gasteiger partial charge in [0.1, 0.15) is 11.5 Å². The largest absolute Gasteiger partial charge is 0.507 e. The van der Waals surface area contributed by atoms with Gasteiger partial charge in [0.05, 0.1) is 24.9 Å². The molecule has 3 rings (SSSR count). The molecule has 1 aliphatic carbocycles. The van der Waals surface area contributed by atoms with Crippen LogP contribution in [-0.2, 0) is 21.7 Å². The fourth-order valence-electron chi connectivity index (χ4n) is 3.05. The van der Waals surface area contributed by atoms with E-state index in [1.165, 1.54) is 0 Å². The third-order valence-corrected chi connectivity index (χ3v) is 4.08. The van der Waals surface area contributed by atoms with Crippen LogP contribution in [0.1, 0.15) is 55.1 Å².